The molecule has 3 atom stereocenters. The maximum absolute atomic E-state index is 12.8. The van der Waals surface area contributed by atoms with Crippen LogP contribution in [-0.2, 0) is 16.6 Å². The lowest BCUT2D eigenvalue weighted by Crippen LogP contribution is -2.34. The van der Waals surface area contributed by atoms with Crippen molar-refractivity contribution in [3.8, 4) is 0 Å². The van der Waals surface area contributed by atoms with Crippen LogP contribution in [0.25, 0.3) is 0 Å². The molecule has 2 aliphatic carbocycles. The second-order valence-corrected chi connectivity index (χ2v) is 8.55. The number of sulfonamides is 1. The van der Waals surface area contributed by atoms with E-state index in [1.165, 1.54) is 30.0 Å². The Balaban J connectivity index is 1.78. The molecule has 0 heterocycles. The summed E-state index contributed by atoms with van der Waals surface area (Å²) in [5.41, 5.74) is 6.37. The van der Waals surface area contributed by atoms with E-state index < -0.39 is 10.0 Å². The first-order valence-electron chi connectivity index (χ1n) is 7.76. The summed E-state index contributed by atoms with van der Waals surface area (Å²) >= 11 is 0. The van der Waals surface area contributed by atoms with E-state index in [1.54, 1.807) is 25.2 Å². The monoisotopic (exact) mass is 308 g/mol. The number of rotatable bonds is 5. The first kappa shape index (κ1) is 15.0. The Morgan fingerprint density at radius 1 is 1.24 bits per heavy atom. The fourth-order valence-corrected chi connectivity index (χ4v) is 5.58. The summed E-state index contributed by atoms with van der Waals surface area (Å²) in [6.07, 6.45) is 5.12. The van der Waals surface area contributed by atoms with Gasteiger partial charge in [0.2, 0.25) is 10.0 Å². The van der Waals surface area contributed by atoms with Crippen molar-refractivity contribution >= 4 is 10.0 Å². The molecule has 0 saturated heterocycles. The van der Waals surface area contributed by atoms with Crippen LogP contribution in [-0.4, -0.2) is 26.3 Å². The van der Waals surface area contributed by atoms with Crippen LogP contribution in [0.15, 0.2) is 29.2 Å². The minimum atomic E-state index is -3.43. The van der Waals surface area contributed by atoms with E-state index in [-0.39, 0.29) is 6.54 Å². The minimum Gasteiger partial charge on any atom is -0.326 e. The molecular formula is C16H24N2O2S. The summed E-state index contributed by atoms with van der Waals surface area (Å²) in [5.74, 6) is 2.11. The Morgan fingerprint density at radius 2 is 2.00 bits per heavy atom. The van der Waals surface area contributed by atoms with Crippen molar-refractivity contribution in [3.63, 3.8) is 0 Å². The molecule has 2 fully saturated rings. The first-order valence-corrected chi connectivity index (χ1v) is 9.20. The Labute approximate surface area is 127 Å². The summed E-state index contributed by atoms with van der Waals surface area (Å²) in [5, 5.41) is 0. The van der Waals surface area contributed by atoms with Crippen LogP contribution < -0.4 is 5.73 Å². The highest BCUT2D eigenvalue weighted by Gasteiger charge is 2.41. The minimum absolute atomic E-state index is 0.247. The fraction of sp³-hybridized carbons (Fsp3) is 0.625. The van der Waals surface area contributed by atoms with Gasteiger partial charge in [0.15, 0.2) is 0 Å². The predicted molar refractivity (Wildman–Crippen MR) is 83.1 cm³/mol. The zero-order valence-corrected chi connectivity index (χ0v) is 13.3. The highest BCUT2D eigenvalue weighted by atomic mass is 32.2. The molecule has 4 nitrogen and oxygen atoms in total. The van der Waals surface area contributed by atoms with Gasteiger partial charge in [0.1, 0.15) is 0 Å². The van der Waals surface area contributed by atoms with Crippen molar-refractivity contribution in [2.45, 2.75) is 37.1 Å². The van der Waals surface area contributed by atoms with Gasteiger partial charge in [-0.25, -0.2) is 12.7 Å². The molecule has 3 unspecified atom stereocenters. The average Bonchev–Trinajstić information content (AvgIpc) is 3.09. The van der Waals surface area contributed by atoms with Gasteiger partial charge >= 0.3 is 0 Å². The van der Waals surface area contributed by atoms with Gasteiger partial charge in [-0.05, 0) is 48.6 Å². The molecule has 2 aliphatic rings. The average molecular weight is 308 g/mol. The molecule has 5 heteroatoms. The normalized spacial score (nSPS) is 28.4. The number of fused-ring (bicyclic) bond motifs is 2. The van der Waals surface area contributed by atoms with E-state index in [0.717, 1.165) is 11.8 Å². The second kappa shape index (κ2) is 5.71. The zero-order chi connectivity index (χ0) is 15.0. The second-order valence-electron chi connectivity index (χ2n) is 6.53. The van der Waals surface area contributed by atoms with Crippen molar-refractivity contribution in [1.29, 1.82) is 0 Å². The highest BCUT2D eigenvalue weighted by molar-refractivity contribution is 7.89. The third kappa shape index (κ3) is 2.74. The van der Waals surface area contributed by atoms with E-state index in [9.17, 15) is 8.42 Å². The number of benzene rings is 1. The lowest BCUT2D eigenvalue weighted by atomic mass is 9.89. The van der Waals surface area contributed by atoms with Gasteiger partial charge in [-0.3, -0.25) is 0 Å². The quantitative estimate of drug-likeness (QED) is 0.907. The molecule has 0 radical (unpaired) electrons. The van der Waals surface area contributed by atoms with Crippen molar-refractivity contribution in [3.05, 3.63) is 29.8 Å². The molecule has 1 aromatic rings. The van der Waals surface area contributed by atoms with Crippen LogP contribution in [0.4, 0.5) is 0 Å². The number of nitrogens with two attached hydrogens (primary N) is 1. The SMILES string of the molecule is CN(CC1CC2CCC1C2)S(=O)(=O)c1ccccc1CN. The third-order valence-corrected chi connectivity index (χ3v) is 7.18. The molecule has 0 aromatic heterocycles. The summed E-state index contributed by atoms with van der Waals surface area (Å²) < 4.78 is 27.1. The molecule has 3 rings (SSSR count). The molecule has 21 heavy (non-hydrogen) atoms. The van der Waals surface area contributed by atoms with Crippen LogP contribution in [0.3, 0.4) is 0 Å². The Bertz CT molecular complexity index is 614. The molecule has 1 aromatic carbocycles. The molecule has 0 aliphatic heterocycles. The van der Waals surface area contributed by atoms with E-state index >= 15 is 0 Å². The smallest absolute Gasteiger partial charge is 0.243 e. The van der Waals surface area contributed by atoms with Gasteiger partial charge in [0, 0.05) is 20.1 Å². The van der Waals surface area contributed by atoms with Crippen LogP contribution in [0.2, 0.25) is 0 Å². The van der Waals surface area contributed by atoms with E-state index in [0.29, 0.717) is 22.9 Å². The molecule has 0 amide bonds. The summed E-state index contributed by atoms with van der Waals surface area (Å²) in [6, 6.07) is 7.04. The molecular weight excluding hydrogens is 284 g/mol. The van der Waals surface area contributed by atoms with Crippen LogP contribution in [0.1, 0.15) is 31.2 Å². The van der Waals surface area contributed by atoms with Gasteiger partial charge < -0.3 is 5.73 Å². The largest absolute Gasteiger partial charge is 0.326 e. The standard InChI is InChI=1S/C16H24N2O2S/c1-18(11-15-9-12-6-7-13(15)8-12)21(19,20)16-5-3-2-4-14(16)10-17/h2-5,12-13,15H,6-11,17H2,1H3. The zero-order valence-electron chi connectivity index (χ0n) is 12.5. The van der Waals surface area contributed by atoms with Gasteiger partial charge in [-0.1, -0.05) is 24.6 Å². The summed E-state index contributed by atoms with van der Waals surface area (Å²) in [6.45, 7) is 0.889. The Morgan fingerprint density at radius 3 is 2.62 bits per heavy atom. The number of hydrogen-bond donors (Lipinski definition) is 1. The topological polar surface area (TPSA) is 63.4 Å². The third-order valence-electron chi connectivity index (χ3n) is 5.26. The van der Waals surface area contributed by atoms with Gasteiger partial charge in [-0.2, -0.15) is 0 Å². The lowest BCUT2D eigenvalue weighted by molar-refractivity contribution is 0.280. The van der Waals surface area contributed by atoms with Crippen LogP contribution in [0.5, 0.6) is 0 Å². The lowest BCUT2D eigenvalue weighted by Gasteiger charge is -2.27. The summed E-state index contributed by atoms with van der Waals surface area (Å²) in [4.78, 5) is 0.359. The van der Waals surface area contributed by atoms with Gasteiger partial charge in [0.05, 0.1) is 4.90 Å². The number of hydrogen-bond acceptors (Lipinski definition) is 3. The molecule has 2 bridgehead atoms. The Hall–Kier alpha value is -0.910. The summed E-state index contributed by atoms with van der Waals surface area (Å²) in [7, 11) is -1.73. The molecule has 2 N–H and O–H groups in total. The van der Waals surface area contributed by atoms with Gasteiger partial charge in [0.25, 0.3) is 0 Å². The van der Waals surface area contributed by atoms with Crippen molar-refractivity contribution in [2.24, 2.45) is 23.5 Å². The van der Waals surface area contributed by atoms with E-state index in [1.807, 2.05) is 6.07 Å². The Kier molecular flexibility index (Phi) is 4.08. The van der Waals surface area contributed by atoms with Crippen LogP contribution in [0, 0.1) is 17.8 Å². The van der Waals surface area contributed by atoms with E-state index in [2.05, 4.69) is 0 Å². The first-order chi connectivity index (χ1) is 10.0. The number of nitrogens with zero attached hydrogens (tertiary/aromatic N) is 1. The van der Waals surface area contributed by atoms with Gasteiger partial charge in [-0.15, -0.1) is 0 Å². The van der Waals surface area contributed by atoms with E-state index in [4.69, 9.17) is 5.73 Å². The highest BCUT2D eigenvalue weighted by Crippen LogP contribution is 2.48. The molecule has 0 spiro atoms. The fourth-order valence-electron chi connectivity index (χ4n) is 4.12. The van der Waals surface area contributed by atoms with Crippen LogP contribution >= 0.6 is 0 Å². The van der Waals surface area contributed by atoms with Crippen molar-refractivity contribution < 1.29 is 8.42 Å². The molecule has 2 saturated carbocycles. The maximum atomic E-state index is 12.8. The predicted octanol–water partition coefficient (Wildman–Crippen LogP) is 2.20. The van der Waals surface area contributed by atoms with Crippen molar-refractivity contribution in [1.82, 2.24) is 4.31 Å². The maximum Gasteiger partial charge on any atom is 0.243 e. The van der Waals surface area contributed by atoms with Crippen molar-refractivity contribution in [2.75, 3.05) is 13.6 Å². The molecule has 116 valence electrons.